The van der Waals surface area contributed by atoms with E-state index in [0.29, 0.717) is 6.42 Å². The van der Waals surface area contributed by atoms with Gasteiger partial charge in [-0.1, -0.05) is 103 Å². The second-order valence-corrected chi connectivity index (χ2v) is 20.3. The molecule has 0 radical (unpaired) electrons. The van der Waals surface area contributed by atoms with Crippen LogP contribution in [0.25, 0.3) is 0 Å². The second-order valence-electron chi connectivity index (χ2n) is 12.6. The average Bonchev–Trinajstić information content (AvgIpc) is 3.44. The Morgan fingerprint density at radius 3 is 1.39 bits per heavy atom. The van der Waals surface area contributed by atoms with E-state index < -0.39 is 20.6 Å². The van der Waals surface area contributed by atoms with Gasteiger partial charge in [0, 0.05) is 30.6 Å². The quantitative estimate of drug-likeness (QED) is 0.108. The Hall–Kier alpha value is -2.61. The van der Waals surface area contributed by atoms with Crippen LogP contribution in [0.5, 0.6) is 0 Å². The molecule has 0 aromatic heterocycles. The van der Waals surface area contributed by atoms with E-state index in [1.807, 2.05) is 18.2 Å². The number of carbonyl (C=O) groups excluding carboxylic acids is 1. The lowest BCUT2D eigenvalue weighted by molar-refractivity contribution is -0.144. The highest BCUT2D eigenvalue weighted by atomic mass is 32.4. The van der Waals surface area contributed by atoms with Crippen LogP contribution in [0, 0.1) is 0 Å². The van der Waals surface area contributed by atoms with Crippen LogP contribution in [-0.4, -0.2) is 71.0 Å². The fourth-order valence-electron chi connectivity index (χ4n) is 7.06. The number of ether oxygens (including phenoxy) is 1. The van der Waals surface area contributed by atoms with Crippen LogP contribution in [0.4, 0.5) is 0 Å². The molecule has 1 aliphatic rings. The Labute approximate surface area is 271 Å². The van der Waals surface area contributed by atoms with Gasteiger partial charge in [-0.3, -0.25) is 14.0 Å². The first-order valence-electron chi connectivity index (χ1n) is 15.7. The molecule has 3 aromatic rings. The van der Waals surface area contributed by atoms with Crippen molar-refractivity contribution in [3.05, 3.63) is 91.0 Å². The van der Waals surface area contributed by atoms with Crippen molar-refractivity contribution < 1.29 is 9.53 Å². The Kier molecular flexibility index (Phi) is 11.1. The van der Waals surface area contributed by atoms with E-state index in [1.54, 1.807) is 0 Å². The normalized spacial score (nSPS) is 16.1. The molecule has 1 heterocycles. The minimum absolute atomic E-state index is 0.188. The van der Waals surface area contributed by atoms with E-state index in [4.69, 9.17) is 21.6 Å². The van der Waals surface area contributed by atoms with E-state index in [9.17, 15) is 4.79 Å². The van der Waals surface area contributed by atoms with E-state index >= 15 is 0 Å². The zero-order chi connectivity index (χ0) is 32.2. The number of hydrogen-bond acceptors (Lipinski definition) is 5. The van der Waals surface area contributed by atoms with Crippen molar-refractivity contribution in [1.29, 1.82) is 0 Å². The molecule has 0 bridgehead atoms. The zero-order valence-corrected chi connectivity index (χ0v) is 30.4. The Morgan fingerprint density at radius 2 is 1.09 bits per heavy atom. The van der Waals surface area contributed by atoms with Gasteiger partial charge in [-0.25, -0.2) is 4.79 Å². The first-order chi connectivity index (χ1) is 20.9. The molecule has 6 nitrogen and oxygen atoms in total. The van der Waals surface area contributed by atoms with Crippen LogP contribution >= 0.6 is 6.34 Å². The third-order valence-electron chi connectivity index (χ3n) is 8.36. The van der Waals surface area contributed by atoms with Crippen LogP contribution in [0.1, 0.15) is 61.8 Å². The molecule has 4 rings (SSSR count). The molecule has 1 unspecified atom stereocenters. The number of rotatable bonds is 12. The summed E-state index contributed by atoms with van der Waals surface area (Å²) in [5, 5.41) is 9.11. The summed E-state index contributed by atoms with van der Waals surface area (Å²) in [4.78, 5) is 13.9. The monoisotopic (exact) mass is 648 g/mol. The third kappa shape index (κ3) is 6.12. The number of carbonyl (C=O) groups is 1. The number of hydrazone groups is 1. The number of methoxy groups -OCH3 is 1. The summed E-state index contributed by atoms with van der Waals surface area (Å²) in [5.74, 6) is -0.286. The van der Waals surface area contributed by atoms with Gasteiger partial charge in [-0.05, 0) is 71.0 Å². The summed E-state index contributed by atoms with van der Waals surface area (Å²) >= 11 is 6.98. The van der Waals surface area contributed by atoms with Gasteiger partial charge in [0.25, 0.3) is 8.24 Å². The molecule has 3 aromatic carbocycles. The molecule has 44 heavy (non-hydrogen) atoms. The van der Waals surface area contributed by atoms with Crippen molar-refractivity contribution in [3.8, 4) is 0 Å². The van der Waals surface area contributed by atoms with E-state index in [2.05, 4.69) is 142 Å². The van der Waals surface area contributed by atoms with Gasteiger partial charge < -0.3 is 4.74 Å². The standard InChI is InChI=1S/C35H49N4O2PSSi/c1-26(2)37(27(3)4)42(43,38(28(5)6)29(7)8)34-25-33(35(40)41-9)39(36-34)44(30-19-13-10-14-20-30,31-21-15-11-16-22-31)32-23-17-12-18-24-32/h10-24,26-29,33H,25H2,1-9H3. The maximum atomic E-state index is 13.9. The van der Waals surface area contributed by atoms with Gasteiger partial charge in [0.05, 0.1) is 7.11 Å². The van der Waals surface area contributed by atoms with Crippen LogP contribution in [0.15, 0.2) is 96.1 Å². The van der Waals surface area contributed by atoms with E-state index in [0.717, 1.165) is 21.0 Å². The molecule has 0 N–H and O–H groups in total. The predicted octanol–water partition coefficient (Wildman–Crippen LogP) is 5.76. The lowest BCUT2D eigenvalue weighted by atomic mass is 10.2. The van der Waals surface area contributed by atoms with E-state index in [1.165, 1.54) is 7.11 Å². The molecule has 0 spiro atoms. The summed E-state index contributed by atoms with van der Waals surface area (Å²) in [6, 6.07) is 31.9. The Morgan fingerprint density at radius 1 is 0.750 bits per heavy atom. The molecule has 0 fully saturated rings. The van der Waals surface area contributed by atoms with Gasteiger partial charge in [0.1, 0.15) is 17.8 Å². The largest absolute Gasteiger partial charge is 0.467 e. The predicted molar refractivity (Wildman–Crippen MR) is 192 cm³/mol. The molecule has 1 aliphatic heterocycles. The number of esters is 1. The summed E-state index contributed by atoms with van der Waals surface area (Å²) in [6.07, 6.45) is -2.23. The highest BCUT2D eigenvalue weighted by Gasteiger charge is 2.56. The molecular formula is C35H49N4O2PSSi. The molecular weight excluding hydrogens is 600 g/mol. The molecule has 236 valence electrons. The molecule has 0 saturated carbocycles. The van der Waals surface area contributed by atoms with Gasteiger partial charge in [0.15, 0.2) is 0 Å². The van der Waals surface area contributed by atoms with Crippen molar-refractivity contribution >= 4 is 53.4 Å². The van der Waals surface area contributed by atoms with Crippen molar-refractivity contribution in [2.75, 3.05) is 7.11 Å². The number of nitrogens with zero attached hydrogens (tertiary/aromatic N) is 4. The second kappa shape index (κ2) is 14.2. The number of benzene rings is 3. The fraction of sp³-hybridized carbons (Fsp3) is 0.429. The molecule has 0 amide bonds. The maximum absolute atomic E-state index is 13.9. The lowest BCUT2D eigenvalue weighted by Crippen LogP contribution is -2.77. The van der Waals surface area contributed by atoms with Gasteiger partial charge >= 0.3 is 5.97 Å². The van der Waals surface area contributed by atoms with Gasteiger partial charge in [-0.2, -0.15) is 5.10 Å². The third-order valence-corrected chi connectivity index (χ3v) is 18.8. The van der Waals surface area contributed by atoms with Gasteiger partial charge in [-0.15, -0.1) is 0 Å². The van der Waals surface area contributed by atoms with Crippen molar-refractivity contribution in [2.45, 2.75) is 92.0 Å². The highest BCUT2D eigenvalue weighted by molar-refractivity contribution is 8.20. The van der Waals surface area contributed by atoms with Crippen LogP contribution < -0.4 is 15.6 Å². The average molecular weight is 649 g/mol. The number of hydrogen-bond donors (Lipinski definition) is 0. The summed E-state index contributed by atoms with van der Waals surface area (Å²) in [7, 11) is -1.67. The highest BCUT2D eigenvalue weighted by Crippen LogP contribution is 2.61. The van der Waals surface area contributed by atoms with Crippen molar-refractivity contribution in [3.63, 3.8) is 0 Å². The first kappa shape index (κ1) is 34.3. The van der Waals surface area contributed by atoms with Gasteiger partial charge in [0.2, 0.25) is 0 Å². The first-order valence-corrected chi connectivity index (χ1v) is 20.4. The molecule has 0 saturated heterocycles. The molecule has 9 heteroatoms. The zero-order valence-electron chi connectivity index (χ0n) is 27.7. The maximum Gasteiger partial charge on any atom is 0.329 e. The summed E-state index contributed by atoms with van der Waals surface area (Å²) in [5.41, 5.74) is 0.923. The Balaban J connectivity index is 2.15. The lowest BCUT2D eigenvalue weighted by Gasteiger charge is -2.50. The van der Waals surface area contributed by atoms with E-state index in [-0.39, 0.29) is 30.1 Å². The van der Waals surface area contributed by atoms with Crippen molar-refractivity contribution in [1.82, 2.24) is 14.0 Å². The topological polar surface area (TPSA) is 48.4 Å². The van der Waals surface area contributed by atoms with Crippen LogP contribution in [0.2, 0.25) is 0 Å². The fourth-order valence-corrected chi connectivity index (χ4v) is 18.4. The van der Waals surface area contributed by atoms with Crippen LogP contribution in [0.3, 0.4) is 0 Å². The summed E-state index contributed by atoms with van der Waals surface area (Å²) in [6.45, 7) is 17.8. The SMILES string of the molecule is COC(=O)C1CC(P(=S)(N(C(C)C)C(C)C)N(C(C)C)C(C)C)=NN1[Si](c1ccccc1)(c1ccccc1)c1ccccc1. The minimum Gasteiger partial charge on any atom is -0.467 e. The van der Waals surface area contributed by atoms with Crippen LogP contribution in [-0.2, 0) is 21.3 Å². The molecule has 1 atom stereocenters. The van der Waals surface area contributed by atoms with Crippen molar-refractivity contribution in [2.24, 2.45) is 5.10 Å². The minimum atomic E-state index is -3.15. The molecule has 0 aliphatic carbocycles. The smallest absolute Gasteiger partial charge is 0.329 e. The summed E-state index contributed by atoms with van der Waals surface area (Å²) < 4.78 is 12.7. The Bertz CT molecular complexity index is 1330.